The van der Waals surface area contributed by atoms with E-state index in [0.717, 1.165) is 25.0 Å². The van der Waals surface area contributed by atoms with E-state index in [1.165, 1.54) is 6.07 Å². The molecule has 0 bridgehead atoms. The molecule has 0 aromatic carbocycles. The summed E-state index contributed by atoms with van der Waals surface area (Å²) in [6.45, 7) is 14.6. The van der Waals surface area contributed by atoms with E-state index in [1.54, 1.807) is 6.92 Å². The van der Waals surface area contributed by atoms with Gasteiger partial charge in [-0.15, -0.1) is 6.42 Å². The number of halogens is 1. The lowest BCUT2D eigenvalue weighted by atomic mass is 9.90. The number of rotatable bonds is 7. The standard InChI is InChI=1S/C21H30FN3/c1-8-16-11-18(22)20(24-14(16)3)25-19(17-9-10-17)15(4)23-13(2)12-21(5,6)7/h1,11,15,17,19,23H,2,9-10,12H2,3-7H3,(H,24,25)/t15-,19?/m0/s1. The second-order valence-electron chi connectivity index (χ2n) is 8.38. The molecule has 0 radical (unpaired) electrons. The summed E-state index contributed by atoms with van der Waals surface area (Å²) < 4.78 is 14.4. The zero-order chi connectivity index (χ0) is 18.8. The number of aryl methyl sites for hydroxylation is 1. The monoisotopic (exact) mass is 343 g/mol. The first-order valence-corrected chi connectivity index (χ1v) is 8.95. The maximum Gasteiger partial charge on any atom is 0.166 e. The van der Waals surface area contributed by atoms with E-state index in [4.69, 9.17) is 6.42 Å². The zero-order valence-corrected chi connectivity index (χ0v) is 16.0. The van der Waals surface area contributed by atoms with Crippen molar-refractivity contribution in [2.75, 3.05) is 5.32 Å². The molecule has 0 spiro atoms. The van der Waals surface area contributed by atoms with Crippen LogP contribution in [-0.2, 0) is 0 Å². The molecule has 0 aliphatic heterocycles. The molecule has 2 atom stereocenters. The van der Waals surface area contributed by atoms with E-state index in [9.17, 15) is 4.39 Å². The molecule has 2 N–H and O–H groups in total. The van der Waals surface area contributed by atoms with E-state index >= 15 is 0 Å². The van der Waals surface area contributed by atoms with Gasteiger partial charge in [0.15, 0.2) is 11.6 Å². The van der Waals surface area contributed by atoms with Gasteiger partial charge in [-0.3, -0.25) is 0 Å². The number of allylic oxidation sites excluding steroid dienone is 1. The third kappa shape index (κ3) is 5.49. The highest BCUT2D eigenvalue weighted by atomic mass is 19.1. The SMILES string of the molecule is C#Cc1cc(F)c(NC(C2CC2)[C@H](C)NC(=C)CC(C)(C)C)nc1C. The molecule has 1 aliphatic rings. The Labute approximate surface area is 151 Å². The smallest absolute Gasteiger partial charge is 0.166 e. The van der Waals surface area contributed by atoms with Crippen LogP contribution in [-0.4, -0.2) is 17.1 Å². The quantitative estimate of drug-likeness (QED) is 0.709. The number of terminal acetylenes is 1. The third-order valence-electron chi connectivity index (χ3n) is 4.47. The summed E-state index contributed by atoms with van der Waals surface area (Å²) in [6.07, 6.45) is 8.59. The van der Waals surface area contributed by atoms with E-state index in [1.807, 2.05) is 0 Å². The van der Waals surface area contributed by atoms with Crippen molar-refractivity contribution < 1.29 is 4.39 Å². The molecule has 1 aromatic heterocycles. The average molecular weight is 343 g/mol. The van der Waals surface area contributed by atoms with Crippen LogP contribution in [0.3, 0.4) is 0 Å². The van der Waals surface area contributed by atoms with Crippen LogP contribution >= 0.6 is 0 Å². The summed E-state index contributed by atoms with van der Waals surface area (Å²) >= 11 is 0. The van der Waals surface area contributed by atoms with Gasteiger partial charge in [-0.05, 0) is 50.5 Å². The predicted octanol–water partition coefficient (Wildman–Crippen LogP) is 4.63. The number of hydrogen-bond donors (Lipinski definition) is 2. The van der Waals surface area contributed by atoms with Gasteiger partial charge in [0, 0.05) is 17.3 Å². The van der Waals surface area contributed by atoms with Gasteiger partial charge < -0.3 is 10.6 Å². The number of hydrogen-bond acceptors (Lipinski definition) is 3. The summed E-state index contributed by atoms with van der Waals surface area (Å²) in [5.41, 5.74) is 2.36. The van der Waals surface area contributed by atoms with Gasteiger partial charge in [-0.2, -0.15) is 0 Å². The molecule has 136 valence electrons. The van der Waals surface area contributed by atoms with Gasteiger partial charge in [0.2, 0.25) is 0 Å². The summed E-state index contributed by atoms with van der Waals surface area (Å²) in [5, 5.41) is 6.81. The van der Waals surface area contributed by atoms with Gasteiger partial charge >= 0.3 is 0 Å². The van der Waals surface area contributed by atoms with Crippen molar-refractivity contribution in [2.45, 2.75) is 66.0 Å². The first-order chi connectivity index (χ1) is 11.6. The summed E-state index contributed by atoms with van der Waals surface area (Å²) in [6, 6.07) is 1.62. The lowest BCUT2D eigenvalue weighted by Gasteiger charge is -2.30. The molecular weight excluding hydrogens is 313 g/mol. The van der Waals surface area contributed by atoms with Crippen molar-refractivity contribution in [3.05, 3.63) is 35.4 Å². The van der Waals surface area contributed by atoms with Crippen LogP contribution in [0.4, 0.5) is 10.2 Å². The van der Waals surface area contributed by atoms with Gasteiger partial charge in [0.05, 0.1) is 11.7 Å². The van der Waals surface area contributed by atoms with Crippen LogP contribution in [0.15, 0.2) is 18.3 Å². The van der Waals surface area contributed by atoms with Crippen molar-refractivity contribution in [2.24, 2.45) is 11.3 Å². The fraction of sp³-hybridized carbons (Fsp3) is 0.571. The number of nitrogens with zero attached hydrogens (tertiary/aromatic N) is 1. The lowest BCUT2D eigenvalue weighted by molar-refractivity contribution is 0.381. The van der Waals surface area contributed by atoms with Gasteiger partial charge in [0.25, 0.3) is 0 Å². The molecule has 1 unspecified atom stereocenters. The molecule has 0 saturated heterocycles. The van der Waals surface area contributed by atoms with Crippen molar-refractivity contribution >= 4 is 5.82 Å². The Bertz CT molecular complexity index is 678. The highest BCUT2D eigenvalue weighted by Crippen LogP contribution is 2.36. The number of nitrogens with one attached hydrogen (secondary N) is 2. The van der Waals surface area contributed by atoms with E-state index in [2.05, 4.69) is 55.8 Å². The van der Waals surface area contributed by atoms with Crippen molar-refractivity contribution in [3.8, 4) is 12.3 Å². The summed E-state index contributed by atoms with van der Waals surface area (Å²) in [4.78, 5) is 4.34. The molecular formula is C21H30FN3. The first kappa shape index (κ1) is 19.3. The minimum atomic E-state index is -0.398. The molecule has 1 saturated carbocycles. The Morgan fingerprint density at radius 3 is 2.64 bits per heavy atom. The molecule has 1 heterocycles. The van der Waals surface area contributed by atoms with E-state index in [0.29, 0.717) is 17.2 Å². The molecule has 1 aromatic rings. The van der Waals surface area contributed by atoms with Crippen LogP contribution in [0.25, 0.3) is 0 Å². The largest absolute Gasteiger partial charge is 0.384 e. The van der Waals surface area contributed by atoms with Crippen LogP contribution in [0.1, 0.15) is 58.2 Å². The third-order valence-corrected chi connectivity index (χ3v) is 4.47. The fourth-order valence-electron chi connectivity index (χ4n) is 3.20. The zero-order valence-electron chi connectivity index (χ0n) is 16.0. The minimum absolute atomic E-state index is 0.106. The highest BCUT2D eigenvalue weighted by molar-refractivity contribution is 5.46. The van der Waals surface area contributed by atoms with Gasteiger partial charge in [-0.25, -0.2) is 9.37 Å². The Hall–Kier alpha value is -2.02. The first-order valence-electron chi connectivity index (χ1n) is 8.95. The van der Waals surface area contributed by atoms with Crippen molar-refractivity contribution in [1.82, 2.24) is 10.3 Å². The fourth-order valence-corrected chi connectivity index (χ4v) is 3.20. The highest BCUT2D eigenvalue weighted by Gasteiger charge is 2.36. The summed E-state index contributed by atoms with van der Waals surface area (Å²) in [5.74, 6) is 2.88. The Kier molecular flexibility index (Phi) is 5.77. The van der Waals surface area contributed by atoms with Gasteiger partial charge in [0.1, 0.15) is 0 Å². The molecule has 2 rings (SSSR count). The second-order valence-corrected chi connectivity index (χ2v) is 8.38. The molecule has 25 heavy (non-hydrogen) atoms. The number of pyridine rings is 1. The molecule has 1 fully saturated rings. The van der Waals surface area contributed by atoms with Crippen LogP contribution < -0.4 is 10.6 Å². The normalized spacial score (nSPS) is 16.7. The average Bonchev–Trinajstić information content (AvgIpc) is 3.29. The van der Waals surface area contributed by atoms with Crippen molar-refractivity contribution in [1.29, 1.82) is 0 Å². The lowest BCUT2D eigenvalue weighted by Crippen LogP contribution is -2.43. The topological polar surface area (TPSA) is 37.0 Å². The maximum absolute atomic E-state index is 14.4. The van der Waals surface area contributed by atoms with Gasteiger partial charge in [-0.1, -0.05) is 33.3 Å². The number of anilines is 1. The van der Waals surface area contributed by atoms with E-state index in [-0.39, 0.29) is 23.3 Å². The number of aromatic nitrogens is 1. The second kappa shape index (κ2) is 7.47. The summed E-state index contributed by atoms with van der Waals surface area (Å²) in [7, 11) is 0. The van der Waals surface area contributed by atoms with Crippen LogP contribution in [0.5, 0.6) is 0 Å². The Morgan fingerprint density at radius 1 is 1.48 bits per heavy atom. The van der Waals surface area contributed by atoms with Crippen LogP contribution in [0.2, 0.25) is 0 Å². The predicted molar refractivity (Wildman–Crippen MR) is 103 cm³/mol. The maximum atomic E-state index is 14.4. The molecule has 1 aliphatic carbocycles. The Balaban J connectivity index is 2.10. The van der Waals surface area contributed by atoms with E-state index < -0.39 is 5.82 Å². The minimum Gasteiger partial charge on any atom is -0.384 e. The molecule has 4 heteroatoms. The Morgan fingerprint density at radius 2 is 2.12 bits per heavy atom. The molecule has 0 amide bonds. The van der Waals surface area contributed by atoms with Crippen LogP contribution in [0, 0.1) is 36.4 Å². The van der Waals surface area contributed by atoms with Crippen molar-refractivity contribution in [3.63, 3.8) is 0 Å². The molecule has 3 nitrogen and oxygen atoms in total.